The van der Waals surface area contributed by atoms with Crippen molar-refractivity contribution in [1.82, 2.24) is 4.57 Å². The van der Waals surface area contributed by atoms with Gasteiger partial charge in [-0.2, -0.15) is 0 Å². The Morgan fingerprint density at radius 3 is 2.50 bits per heavy atom. The van der Waals surface area contributed by atoms with Crippen LogP contribution in [0.5, 0.6) is 0 Å². The summed E-state index contributed by atoms with van der Waals surface area (Å²) in [6, 6.07) is 17.5. The molecule has 0 fully saturated rings. The van der Waals surface area contributed by atoms with Gasteiger partial charge in [-0.25, -0.2) is 0 Å². The monoisotopic (exact) mass is 236 g/mol. The number of nitrogens with two attached hydrogens (primary N) is 1. The molecule has 1 amide bonds. The third-order valence-electron chi connectivity index (χ3n) is 3.01. The van der Waals surface area contributed by atoms with Crippen LogP contribution in [0.3, 0.4) is 0 Å². The second kappa shape index (κ2) is 4.04. The van der Waals surface area contributed by atoms with E-state index in [-0.39, 0.29) is 0 Å². The van der Waals surface area contributed by atoms with Crippen molar-refractivity contribution in [2.75, 3.05) is 0 Å². The smallest absolute Gasteiger partial charge is 0.248 e. The van der Waals surface area contributed by atoms with Gasteiger partial charge in [0.1, 0.15) is 0 Å². The lowest BCUT2D eigenvalue weighted by molar-refractivity contribution is 0.100. The highest BCUT2D eigenvalue weighted by atomic mass is 16.1. The number of hydrogen-bond donors (Lipinski definition) is 1. The zero-order valence-corrected chi connectivity index (χ0v) is 9.71. The summed E-state index contributed by atoms with van der Waals surface area (Å²) in [5.74, 6) is -0.405. The van der Waals surface area contributed by atoms with Gasteiger partial charge < -0.3 is 10.3 Å². The first-order chi connectivity index (χ1) is 8.75. The zero-order chi connectivity index (χ0) is 12.5. The van der Waals surface area contributed by atoms with Crippen molar-refractivity contribution in [1.29, 1.82) is 0 Å². The molecule has 2 aromatic carbocycles. The molecule has 0 aliphatic carbocycles. The van der Waals surface area contributed by atoms with E-state index in [1.807, 2.05) is 59.3 Å². The number of primary amides is 1. The molecule has 3 nitrogen and oxygen atoms in total. The van der Waals surface area contributed by atoms with E-state index >= 15 is 0 Å². The molecule has 1 heterocycles. The number of nitrogens with zero attached hydrogens (tertiary/aromatic N) is 1. The van der Waals surface area contributed by atoms with Crippen molar-refractivity contribution >= 4 is 16.8 Å². The number of carbonyl (C=O) groups is 1. The van der Waals surface area contributed by atoms with Crippen LogP contribution in [0.1, 0.15) is 10.4 Å². The van der Waals surface area contributed by atoms with E-state index < -0.39 is 5.91 Å². The molecule has 2 N–H and O–H groups in total. The largest absolute Gasteiger partial charge is 0.366 e. The maximum atomic E-state index is 11.2. The molecule has 0 unspecified atom stereocenters. The van der Waals surface area contributed by atoms with Gasteiger partial charge in [0.25, 0.3) is 0 Å². The maximum absolute atomic E-state index is 11.2. The molecule has 0 saturated heterocycles. The Balaban J connectivity index is 2.24. The lowest BCUT2D eigenvalue weighted by Gasteiger charge is -2.05. The number of hydrogen-bond acceptors (Lipinski definition) is 1. The molecule has 0 aliphatic rings. The first-order valence-corrected chi connectivity index (χ1v) is 5.72. The molecule has 0 bridgehead atoms. The molecular weight excluding hydrogens is 224 g/mol. The molecule has 18 heavy (non-hydrogen) atoms. The minimum atomic E-state index is -0.405. The molecule has 3 rings (SSSR count). The normalized spacial score (nSPS) is 10.7. The van der Waals surface area contributed by atoms with E-state index in [1.54, 1.807) is 6.07 Å². The first kappa shape index (κ1) is 10.6. The average Bonchev–Trinajstić information content (AvgIpc) is 2.82. The lowest BCUT2D eigenvalue weighted by Crippen LogP contribution is -2.10. The van der Waals surface area contributed by atoms with Crippen molar-refractivity contribution in [3.8, 4) is 5.69 Å². The summed E-state index contributed by atoms with van der Waals surface area (Å²) in [5, 5.41) is 1.09. The summed E-state index contributed by atoms with van der Waals surface area (Å²) in [7, 11) is 0. The molecule has 88 valence electrons. The van der Waals surface area contributed by atoms with E-state index in [9.17, 15) is 4.79 Å². The van der Waals surface area contributed by atoms with E-state index in [0.717, 1.165) is 16.6 Å². The van der Waals surface area contributed by atoms with Gasteiger partial charge in [-0.1, -0.05) is 24.3 Å². The predicted molar refractivity (Wildman–Crippen MR) is 71.8 cm³/mol. The number of benzene rings is 2. The van der Waals surface area contributed by atoms with Crippen LogP contribution in [0.15, 0.2) is 60.8 Å². The topological polar surface area (TPSA) is 48.0 Å². The zero-order valence-electron chi connectivity index (χ0n) is 9.71. The second-order valence-corrected chi connectivity index (χ2v) is 4.16. The van der Waals surface area contributed by atoms with Gasteiger partial charge in [0.15, 0.2) is 0 Å². The SMILES string of the molecule is NC(=O)c1ccc2ccn(-c3ccccc3)c2c1. The lowest BCUT2D eigenvalue weighted by atomic mass is 10.1. The number of rotatable bonds is 2. The summed E-state index contributed by atoms with van der Waals surface area (Å²) >= 11 is 0. The minimum absolute atomic E-state index is 0.405. The Hall–Kier alpha value is -2.55. The van der Waals surface area contributed by atoms with Crippen LogP contribution < -0.4 is 5.73 Å². The van der Waals surface area contributed by atoms with Crippen molar-refractivity contribution in [2.24, 2.45) is 5.73 Å². The number of para-hydroxylation sites is 1. The van der Waals surface area contributed by atoms with Gasteiger partial charge in [-0.05, 0) is 35.7 Å². The number of fused-ring (bicyclic) bond motifs is 1. The minimum Gasteiger partial charge on any atom is -0.366 e. The molecule has 0 aliphatic heterocycles. The second-order valence-electron chi connectivity index (χ2n) is 4.16. The highest BCUT2D eigenvalue weighted by Gasteiger charge is 2.06. The van der Waals surface area contributed by atoms with Crippen molar-refractivity contribution in [2.45, 2.75) is 0 Å². The van der Waals surface area contributed by atoms with Gasteiger partial charge in [0, 0.05) is 17.4 Å². The van der Waals surface area contributed by atoms with Gasteiger partial charge in [-0.3, -0.25) is 4.79 Å². The highest BCUT2D eigenvalue weighted by molar-refractivity contribution is 5.97. The van der Waals surface area contributed by atoms with E-state index in [0.29, 0.717) is 5.56 Å². The molecule has 1 aromatic heterocycles. The van der Waals surface area contributed by atoms with Crippen LogP contribution in [0.25, 0.3) is 16.6 Å². The molecule has 3 aromatic rings. The van der Waals surface area contributed by atoms with Crippen LogP contribution in [0, 0.1) is 0 Å². The third-order valence-corrected chi connectivity index (χ3v) is 3.01. The molecule has 3 heteroatoms. The fourth-order valence-electron chi connectivity index (χ4n) is 2.10. The standard InChI is InChI=1S/C15H12N2O/c16-15(18)12-7-6-11-8-9-17(14(11)10-12)13-4-2-1-3-5-13/h1-10H,(H2,16,18). The Kier molecular flexibility index (Phi) is 2.38. The van der Waals surface area contributed by atoms with Crippen molar-refractivity contribution in [3.63, 3.8) is 0 Å². The van der Waals surface area contributed by atoms with Gasteiger partial charge in [-0.15, -0.1) is 0 Å². The third kappa shape index (κ3) is 1.66. The quantitative estimate of drug-likeness (QED) is 0.730. The Morgan fingerprint density at radius 2 is 1.78 bits per heavy atom. The van der Waals surface area contributed by atoms with E-state index in [4.69, 9.17) is 5.73 Å². The summed E-state index contributed by atoms with van der Waals surface area (Å²) in [4.78, 5) is 11.2. The van der Waals surface area contributed by atoms with Crippen LogP contribution in [0.2, 0.25) is 0 Å². The summed E-state index contributed by atoms with van der Waals surface area (Å²) in [5.41, 5.74) is 7.89. The summed E-state index contributed by atoms with van der Waals surface area (Å²) < 4.78 is 2.04. The van der Waals surface area contributed by atoms with Crippen LogP contribution in [-0.2, 0) is 0 Å². The van der Waals surface area contributed by atoms with Crippen LogP contribution in [0.4, 0.5) is 0 Å². The fraction of sp³-hybridized carbons (Fsp3) is 0. The van der Waals surface area contributed by atoms with E-state index in [2.05, 4.69) is 0 Å². The maximum Gasteiger partial charge on any atom is 0.248 e. The Morgan fingerprint density at radius 1 is 1.00 bits per heavy atom. The van der Waals surface area contributed by atoms with Crippen molar-refractivity contribution < 1.29 is 4.79 Å². The van der Waals surface area contributed by atoms with E-state index in [1.165, 1.54) is 0 Å². The molecule has 0 radical (unpaired) electrons. The highest BCUT2D eigenvalue weighted by Crippen LogP contribution is 2.21. The molecule has 0 atom stereocenters. The van der Waals surface area contributed by atoms with Gasteiger partial charge in [0.2, 0.25) is 5.91 Å². The Labute approximate surface area is 104 Å². The van der Waals surface area contributed by atoms with Gasteiger partial charge >= 0.3 is 0 Å². The molecular formula is C15H12N2O. The number of amides is 1. The fourth-order valence-corrected chi connectivity index (χ4v) is 2.10. The molecule has 0 saturated carbocycles. The van der Waals surface area contributed by atoms with Crippen LogP contribution >= 0.6 is 0 Å². The predicted octanol–water partition coefficient (Wildman–Crippen LogP) is 2.73. The van der Waals surface area contributed by atoms with Crippen molar-refractivity contribution in [3.05, 3.63) is 66.4 Å². The average molecular weight is 236 g/mol. The number of carbonyl (C=O) groups excluding carboxylic acids is 1. The number of aromatic nitrogens is 1. The summed E-state index contributed by atoms with van der Waals surface area (Å²) in [6.07, 6.45) is 1.99. The summed E-state index contributed by atoms with van der Waals surface area (Å²) in [6.45, 7) is 0. The molecule has 0 spiro atoms. The van der Waals surface area contributed by atoms with Gasteiger partial charge in [0.05, 0.1) is 5.52 Å². The Bertz CT molecular complexity index is 714. The van der Waals surface area contributed by atoms with Crippen LogP contribution in [-0.4, -0.2) is 10.5 Å². The first-order valence-electron chi connectivity index (χ1n) is 5.72.